The molecule has 2 aromatic heterocycles. The number of aromatic nitrogens is 4. The number of aromatic amines is 1. The predicted molar refractivity (Wildman–Crippen MR) is 139 cm³/mol. The van der Waals surface area contributed by atoms with E-state index in [-0.39, 0.29) is 27.7 Å². The van der Waals surface area contributed by atoms with Gasteiger partial charge in [0.2, 0.25) is 5.56 Å². The summed E-state index contributed by atoms with van der Waals surface area (Å²) in [6.07, 6.45) is -13.2. The van der Waals surface area contributed by atoms with Crippen LogP contribution in [-0.4, -0.2) is 42.5 Å². The van der Waals surface area contributed by atoms with E-state index in [4.69, 9.17) is 11.6 Å². The Morgan fingerprint density at radius 1 is 0.976 bits per heavy atom. The molecule has 2 heterocycles. The van der Waals surface area contributed by atoms with Gasteiger partial charge >= 0.3 is 18.0 Å². The fourth-order valence-electron chi connectivity index (χ4n) is 4.26. The van der Waals surface area contributed by atoms with Gasteiger partial charge in [-0.2, -0.15) is 26.3 Å². The lowest BCUT2D eigenvalue weighted by Crippen LogP contribution is -2.37. The van der Waals surface area contributed by atoms with Crippen molar-refractivity contribution in [1.82, 2.24) is 19.3 Å². The predicted octanol–water partition coefficient (Wildman–Crippen LogP) is 4.79. The maximum Gasteiger partial charge on any atom is 0.416 e. The molecule has 0 aliphatic rings. The summed E-state index contributed by atoms with van der Waals surface area (Å²) in [5, 5.41) is 13.9. The SMILES string of the molecule is O=C(CC(c1cccc(C(F)(F)F)c1)c1cccc(=O)[nH]1)Cn1nc(-c2ccc(Cl)cc2)n(C[C@H](O)C(F)(F)F)c1=O. The molecule has 0 amide bonds. The van der Waals surface area contributed by atoms with Crippen LogP contribution in [-0.2, 0) is 24.1 Å². The molecule has 0 aliphatic carbocycles. The molecule has 4 aromatic rings. The van der Waals surface area contributed by atoms with E-state index in [1.807, 2.05) is 0 Å². The smallest absolute Gasteiger partial charge is 0.382 e. The second kappa shape index (κ2) is 12.0. The Bertz CT molecular complexity index is 1690. The summed E-state index contributed by atoms with van der Waals surface area (Å²) in [6.45, 7) is -1.98. The van der Waals surface area contributed by atoms with Gasteiger partial charge in [0.25, 0.3) is 0 Å². The van der Waals surface area contributed by atoms with Gasteiger partial charge in [-0.1, -0.05) is 35.9 Å². The van der Waals surface area contributed by atoms with Gasteiger partial charge in [0.1, 0.15) is 6.54 Å². The number of hydrogen-bond acceptors (Lipinski definition) is 5. The van der Waals surface area contributed by atoms with Crippen molar-refractivity contribution in [1.29, 1.82) is 0 Å². The van der Waals surface area contributed by atoms with Crippen molar-refractivity contribution >= 4 is 17.4 Å². The molecule has 2 aromatic carbocycles. The number of aliphatic hydroxyl groups excluding tert-OH is 1. The number of carbonyl (C=O) groups excluding carboxylic acids is 1. The molecule has 0 fully saturated rings. The Kier molecular flexibility index (Phi) is 8.78. The molecule has 8 nitrogen and oxygen atoms in total. The summed E-state index contributed by atoms with van der Waals surface area (Å²) in [5.74, 6) is -2.09. The molecule has 0 saturated heterocycles. The maximum absolute atomic E-state index is 13.4. The monoisotopic (exact) mass is 614 g/mol. The molecular weight excluding hydrogens is 594 g/mol. The number of Topliss-reactive ketones (excluding diaryl/α,β-unsaturated/α-hetero) is 1. The first kappa shape index (κ1) is 30.8. The number of ketones is 1. The highest BCUT2D eigenvalue weighted by Gasteiger charge is 2.39. The fourth-order valence-corrected chi connectivity index (χ4v) is 4.39. The van der Waals surface area contributed by atoms with Crippen LogP contribution in [0.1, 0.15) is 29.2 Å². The van der Waals surface area contributed by atoms with E-state index in [1.54, 1.807) is 0 Å². The van der Waals surface area contributed by atoms with Gasteiger partial charge in [-0.15, -0.1) is 5.10 Å². The molecule has 0 radical (unpaired) electrons. The summed E-state index contributed by atoms with van der Waals surface area (Å²) in [5.41, 5.74) is -2.35. The van der Waals surface area contributed by atoms with Gasteiger partial charge < -0.3 is 10.1 Å². The number of benzene rings is 2. The number of aliphatic hydroxyl groups is 1. The molecule has 222 valence electrons. The molecule has 4 rings (SSSR count). The Hall–Kier alpha value is -4.17. The highest BCUT2D eigenvalue weighted by molar-refractivity contribution is 6.30. The maximum atomic E-state index is 13.4. The zero-order valence-corrected chi connectivity index (χ0v) is 22.0. The largest absolute Gasteiger partial charge is 0.416 e. The minimum absolute atomic E-state index is 0.0491. The quantitative estimate of drug-likeness (QED) is 0.264. The van der Waals surface area contributed by atoms with Crippen molar-refractivity contribution in [2.75, 3.05) is 0 Å². The first-order chi connectivity index (χ1) is 19.6. The number of pyridine rings is 1. The van der Waals surface area contributed by atoms with Crippen LogP contribution < -0.4 is 11.2 Å². The summed E-state index contributed by atoms with van der Waals surface area (Å²) >= 11 is 5.87. The topological polar surface area (TPSA) is 110 Å². The van der Waals surface area contributed by atoms with Gasteiger partial charge in [0, 0.05) is 34.7 Å². The summed E-state index contributed by atoms with van der Waals surface area (Å²) in [7, 11) is 0. The van der Waals surface area contributed by atoms with Crippen molar-refractivity contribution in [3.05, 3.63) is 109 Å². The Balaban J connectivity index is 1.70. The van der Waals surface area contributed by atoms with Crippen LogP contribution in [0, 0.1) is 0 Å². The average molecular weight is 615 g/mol. The normalized spacial score (nSPS) is 13.6. The van der Waals surface area contributed by atoms with E-state index in [9.17, 15) is 45.8 Å². The van der Waals surface area contributed by atoms with Gasteiger partial charge in [-0.25, -0.2) is 9.48 Å². The zero-order chi connectivity index (χ0) is 30.8. The van der Waals surface area contributed by atoms with Gasteiger partial charge in [-0.3, -0.25) is 14.2 Å². The van der Waals surface area contributed by atoms with E-state index in [2.05, 4.69) is 10.1 Å². The van der Waals surface area contributed by atoms with Crippen molar-refractivity contribution in [3.63, 3.8) is 0 Å². The molecular formula is C27H21ClF6N4O4. The van der Waals surface area contributed by atoms with E-state index in [0.717, 1.165) is 18.2 Å². The van der Waals surface area contributed by atoms with Crippen LogP contribution in [0.3, 0.4) is 0 Å². The third-order valence-electron chi connectivity index (χ3n) is 6.30. The number of nitrogens with zero attached hydrogens (tertiary/aromatic N) is 3. The van der Waals surface area contributed by atoms with Crippen molar-refractivity contribution in [3.8, 4) is 11.4 Å². The second-order valence-electron chi connectivity index (χ2n) is 9.33. The lowest BCUT2D eigenvalue weighted by molar-refractivity contribution is -0.207. The molecule has 0 bridgehead atoms. The first-order valence-corrected chi connectivity index (χ1v) is 12.6. The highest BCUT2D eigenvalue weighted by atomic mass is 35.5. The summed E-state index contributed by atoms with van der Waals surface area (Å²) in [6, 6.07) is 13.7. The highest BCUT2D eigenvalue weighted by Crippen LogP contribution is 2.34. The molecule has 42 heavy (non-hydrogen) atoms. The lowest BCUT2D eigenvalue weighted by Gasteiger charge is -2.18. The Labute approximate surface area is 237 Å². The van der Waals surface area contributed by atoms with Crippen molar-refractivity contribution in [2.24, 2.45) is 0 Å². The molecule has 2 atom stereocenters. The third kappa shape index (κ3) is 7.18. The lowest BCUT2D eigenvalue weighted by atomic mass is 9.89. The van der Waals surface area contributed by atoms with E-state index >= 15 is 0 Å². The number of halogens is 7. The number of nitrogens with one attached hydrogen (secondary N) is 1. The number of carbonyl (C=O) groups is 1. The van der Waals surface area contributed by atoms with Crippen molar-refractivity contribution < 1.29 is 36.2 Å². The van der Waals surface area contributed by atoms with Crippen molar-refractivity contribution in [2.45, 2.75) is 43.9 Å². The summed E-state index contributed by atoms with van der Waals surface area (Å²) < 4.78 is 80.7. The minimum Gasteiger partial charge on any atom is -0.382 e. The van der Waals surface area contributed by atoms with Crippen LogP contribution in [0.2, 0.25) is 5.02 Å². The first-order valence-electron chi connectivity index (χ1n) is 12.2. The second-order valence-corrected chi connectivity index (χ2v) is 9.76. The Morgan fingerprint density at radius 2 is 1.64 bits per heavy atom. The zero-order valence-electron chi connectivity index (χ0n) is 21.3. The number of H-pyrrole nitrogens is 1. The van der Waals surface area contributed by atoms with Gasteiger partial charge in [0.05, 0.1) is 12.1 Å². The molecule has 2 N–H and O–H groups in total. The summed E-state index contributed by atoms with van der Waals surface area (Å²) in [4.78, 5) is 40.7. The third-order valence-corrected chi connectivity index (χ3v) is 6.55. The van der Waals surface area contributed by atoms with Crippen LogP contribution in [0.4, 0.5) is 26.3 Å². The average Bonchev–Trinajstić information content (AvgIpc) is 3.21. The van der Waals surface area contributed by atoms with E-state index in [0.29, 0.717) is 9.25 Å². The standard InChI is InChI=1S/C27H21ClF6N4O4/c28-18-9-7-15(8-10-18)24-36-38(25(42)37(24)14-22(40)27(32,33)34)13-19(39)12-20(21-5-2-6-23(41)35-21)16-3-1-4-17(11-16)26(29,30)31/h1-11,20,22,40H,12-14H2,(H,35,41)/t20?,22-/m0/s1. The Morgan fingerprint density at radius 3 is 2.26 bits per heavy atom. The van der Waals surface area contributed by atoms with E-state index < -0.39 is 66.5 Å². The fraction of sp³-hybridized carbons (Fsp3) is 0.259. The van der Waals surface area contributed by atoms with Gasteiger partial charge in [-0.05, 0) is 42.0 Å². The van der Waals surface area contributed by atoms with E-state index in [1.165, 1.54) is 48.5 Å². The number of hydrogen-bond donors (Lipinski definition) is 2. The molecule has 1 unspecified atom stereocenters. The van der Waals surface area contributed by atoms with Crippen LogP contribution in [0.5, 0.6) is 0 Å². The molecule has 15 heteroatoms. The molecule has 0 saturated carbocycles. The number of alkyl halides is 6. The molecule has 0 aliphatic heterocycles. The molecule has 0 spiro atoms. The van der Waals surface area contributed by atoms with Crippen LogP contribution >= 0.6 is 11.6 Å². The van der Waals surface area contributed by atoms with Crippen LogP contribution in [0.15, 0.2) is 76.3 Å². The number of rotatable bonds is 9. The van der Waals surface area contributed by atoms with Crippen LogP contribution in [0.25, 0.3) is 11.4 Å². The minimum atomic E-state index is -5.06. The van der Waals surface area contributed by atoms with Gasteiger partial charge in [0.15, 0.2) is 17.7 Å².